The highest BCUT2D eigenvalue weighted by atomic mass is 16.5. The number of rotatable bonds is 4. The van der Waals surface area contributed by atoms with Gasteiger partial charge in [0.15, 0.2) is 0 Å². The van der Waals surface area contributed by atoms with Crippen LogP contribution in [0.5, 0.6) is 0 Å². The third kappa shape index (κ3) is 2.36. The summed E-state index contributed by atoms with van der Waals surface area (Å²) >= 11 is 0. The second kappa shape index (κ2) is 4.93. The highest BCUT2D eigenvalue weighted by Gasteiger charge is 2.10. The summed E-state index contributed by atoms with van der Waals surface area (Å²) in [6.45, 7) is 3.78. The lowest BCUT2D eigenvalue weighted by atomic mass is 10.2. The van der Waals surface area contributed by atoms with Gasteiger partial charge in [-0.3, -0.25) is 14.3 Å². The molecule has 0 saturated carbocycles. The van der Waals surface area contributed by atoms with E-state index in [2.05, 4.69) is 4.98 Å². The average molecular weight is 212 g/mol. The van der Waals surface area contributed by atoms with Gasteiger partial charge in [-0.25, -0.2) is 4.79 Å². The Morgan fingerprint density at radius 3 is 2.60 bits per heavy atom. The lowest BCUT2D eigenvalue weighted by Crippen LogP contribution is -2.34. The molecule has 0 fully saturated rings. The molecule has 0 radical (unpaired) electrons. The lowest BCUT2D eigenvalue weighted by molar-refractivity contribution is 0.0367. The summed E-state index contributed by atoms with van der Waals surface area (Å²) in [5.74, 6) is 0. The molecule has 0 amide bonds. The van der Waals surface area contributed by atoms with Crippen molar-refractivity contribution in [2.45, 2.75) is 32.9 Å². The van der Waals surface area contributed by atoms with Gasteiger partial charge in [0.25, 0.3) is 5.56 Å². The van der Waals surface area contributed by atoms with Gasteiger partial charge in [-0.2, -0.15) is 0 Å². The van der Waals surface area contributed by atoms with Crippen LogP contribution in [0.25, 0.3) is 0 Å². The minimum atomic E-state index is -0.425. The third-order valence-electron chi connectivity index (χ3n) is 2.35. The molecular weight excluding hydrogens is 196 g/mol. The Hall–Kier alpha value is -1.36. The summed E-state index contributed by atoms with van der Waals surface area (Å²) in [4.78, 5) is 25.1. The standard InChI is InChI=1S/C10H16N2O3/c1-4-7-6-12(8(5-2)15-3)10(14)11-9(7)13/h6,8H,4-5H2,1-3H3,(H,11,13,14). The number of hydrogen-bond acceptors (Lipinski definition) is 3. The van der Waals surface area contributed by atoms with E-state index in [0.29, 0.717) is 18.4 Å². The van der Waals surface area contributed by atoms with Crippen molar-refractivity contribution in [3.63, 3.8) is 0 Å². The molecule has 1 heterocycles. The first-order valence-corrected chi connectivity index (χ1v) is 5.01. The van der Waals surface area contributed by atoms with E-state index >= 15 is 0 Å². The average Bonchev–Trinajstić information content (AvgIpc) is 2.22. The Morgan fingerprint density at radius 1 is 1.47 bits per heavy atom. The molecule has 0 aliphatic heterocycles. The Morgan fingerprint density at radius 2 is 2.13 bits per heavy atom. The largest absolute Gasteiger partial charge is 0.361 e. The van der Waals surface area contributed by atoms with Crippen LogP contribution in [-0.2, 0) is 11.2 Å². The molecule has 15 heavy (non-hydrogen) atoms. The molecule has 0 saturated heterocycles. The number of nitrogens with zero attached hydrogens (tertiary/aromatic N) is 1. The predicted molar refractivity (Wildman–Crippen MR) is 57.0 cm³/mol. The number of aromatic amines is 1. The van der Waals surface area contributed by atoms with E-state index in [1.54, 1.807) is 6.20 Å². The highest BCUT2D eigenvalue weighted by molar-refractivity contribution is 5.04. The summed E-state index contributed by atoms with van der Waals surface area (Å²) < 4.78 is 6.56. The summed E-state index contributed by atoms with van der Waals surface area (Å²) in [5.41, 5.74) is -0.152. The van der Waals surface area contributed by atoms with Gasteiger partial charge in [-0.15, -0.1) is 0 Å². The number of hydrogen-bond donors (Lipinski definition) is 1. The number of ether oxygens (including phenoxy) is 1. The topological polar surface area (TPSA) is 64.1 Å². The van der Waals surface area contributed by atoms with E-state index < -0.39 is 5.69 Å². The Labute approximate surface area is 87.7 Å². The van der Waals surface area contributed by atoms with Crippen molar-refractivity contribution in [3.8, 4) is 0 Å². The predicted octanol–water partition coefficient (Wildman–Crippen LogP) is 0.654. The second-order valence-electron chi connectivity index (χ2n) is 3.27. The molecule has 1 aromatic heterocycles. The van der Waals surface area contributed by atoms with E-state index in [1.165, 1.54) is 11.7 Å². The maximum atomic E-state index is 11.5. The van der Waals surface area contributed by atoms with Crippen molar-refractivity contribution >= 4 is 0 Å². The van der Waals surface area contributed by atoms with Crippen molar-refractivity contribution in [3.05, 3.63) is 32.6 Å². The van der Waals surface area contributed by atoms with Crippen molar-refractivity contribution in [1.82, 2.24) is 9.55 Å². The molecular formula is C10H16N2O3. The van der Waals surface area contributed by atoms with E-state index in [0.717, 1.165) is 0 Å². The summed E-state index contributed by atoms with van der Waals surface area (Å²) in [6, 6.07) is 0. The van der Waals surface area contributed by atoms with Crippen molar-refractivity contribution in [2.75, 3.05) is 7.11 Å². The zero-order valence-corrected chi connectivity index (χ0v) is 9.24. The lowest BCUT2D eigenvalue weighted by Gasteiger charge is -2.16. The molecule has 0 aliphatic carbocycles. The number of H-pyrrole nitrogens is 1. The number of methoxy groups -OCH3 is 1. The monoisotopic (exact) mass is 212 g/mol. The molecule has 0 spiro atoms. The zero-order valence-electron chi connectivity index (χ0n) is 9.24. The van der Waals surface area contributed by atoms with Gasteiger partial charge in [0, 0.05) is 18.9 Å². The molecule has 5 nitrogen and oxygen atoms in total. The molecule has 5 heteroatoms. The molecule has 84 valence electrons. The maximum absolute atomic E-state index is 11.5. The molecule has 0 bridgehead atoms. The molecule has 0 aliphatic rings. The quantitative estimate of drug-likeness (QED) is 0.797. The molecule has 1 N–H and O–H groups in total. The smallest absolute Gasteiger partial charge is 0.330 e. The van der Waals surface area contributed by atoms with Gasteiger partial charge in [0.2, 0.25) is 0 Å². The van der Waals surface area contributed by atoms with Gasteiger partial charge in [0.05, 0.1) is 0 Å². The Balaban J connectivity index is 3.29. The van der Waals surface area contributed by atoms with Crippen LogP contribution in [-0.4, -0.2) is 16.7 Å². The van der Waals surface area contributed by atoms with Gasteiger partial charge in [0.1, 0.15) is 6.23 Å². The van der Waals surface area contributed by atoms with Crippen LogP contribution in [0.1, 0.15) is 32.1 Å². The van der Waals surface area contributed by atoms with Crippen LogP contribution in [0.2, 0.25) is 0 Å². The van der Waals surface area contributed by atoms with E-state index in [9.17, 15) is 9.59 Å². The Bertz CT molecular complexity index is 429. The molecule has 1 rings (SSSR count). The van der Waals surface area contributed by atoms with E-state index in [1.807, 2.05) is 13.8 Å². The molecule has 1 atom stereocenters. The fourth-order valence-corrected chi connectivity index (χ4v) is 1.47. The summed E-state index contributed by atoms with van der Waals surface area (Å²) in [5, 5.41) is 0. The fourth-order valence-electron chi connectivity index (χ4n) is 1.47. The maximum Gasteiger partial charge on any atom is 0.330 e. The number of nitrogens with one attached hydrogen (secondary N) is 1. The fraction of sp³-hybridized carbons (Fsp3) is 0.600. The second-order valence-corrected chi connectivity index (χ2v) is 3.27. The van der Waals surface area contributed by atoms with Gasteiger partial charge in [-0.05, 0) is 12.8 Å². The first-order chi connectivity index (χ1) is 7.13. The van der Waals surface area contributed by atoms with Crippen LogP contribution in [0.15, 0.2) is 15.8 Å². The van der Waals surface area contributed by atoms with Crippen molar-refractivity contribution in [1.29, 1.82) is 0 Å². The van der Waals surface area contributed by atoms with Crippen LogP contribution < -0.4 is 11.2 Å². The minimum Gasteiger partial charge on any atom is -0.361 e. The van der Waals surface area contributed by atoms with Crippen molar-refractivity contribution in [2.24, 2.45) is 0 Å². The highest BCUT2D eigenvalue weighted by Crippen LogP contribution is 2.08. The van der Waals surface area contributed by atoms with Crippen LogP contribution >= 0.6 is 0 Å². The normalized spacial score (nSPS) is 12.7. The molecule has 0 aromatic carbocycles. The first kappa shape index (κ1) is 11.7. The van der Waals surface area contributed by atoms with E-state index in [-0.39, 0.29) is 11.8 Å². The molecule has 1 unspecified atom stereocenters. The Kier molecular flexibility index (Phi) is 3.85. The minimum absolute atomic E-state index is 0.315. The first-order valence-electron chi connectivity index (χ1n) is 5.01. The third-order valence-corrected chi connectivity index (χ3v) is 2.35. The SMILES string of the molecule is CCc1cn(C(CC)OC)c(=O)[nH]c1=O. The van der Waals surface area contributed by atoms with Gasteiger partial charge >= 0.3 is 5.69 Å². The number of aryl methyl sites for hydroxylation is 1. The zero-order chi connectivity index (χ0) is 11.4. The van der Waals surface area contributed by atoms with Crippen LogP contribution in [0.4, 0.5) is 0 Å². The van der Waals surface area contributed by atoms with Crippen LogP contribution in [0.3, 0.4) is 0 Å². The van der Waals surface area contributed by atoms with Gasteiger partial charge < -0.3 is 4.74 Å². The summed E-state index contributed by atoms with van der Waals surface area (Å²) in [7, 11) is 1.54. The van der Waals surface area contributed by atoms with Crippen molar-refractivity contribution < 1.29 is 4.74 Å². The van der Waals surface area contributed by atoms with Gasteiger partial charge in [-0.1, -0.05) is 13.8 Å². The van der Waals surface area contributed by atoms with E-state index in [4.69, 9.17) is 4.74 Å². The number of aromatic nitrogens is 2. The molecule has 1 aromatic rings. The summed E-state index contributed by atoms with van der Waals surface area (Å²) in [6.07, 6.45) is 2.51. The van der Waals surface area contributed by atoms with Crippen LogP contribution in [0, 0.1) is 0 Å².